The Morgan fingerprint density at radius 2 is 2.09 bits per heavy atom. The second-order valence-electron chi connectivity index (χ2n) is 6.86. The van der Waals surface area contributed by atoms with Crippen molar-refractivity contribution in [3.05, 3.63) is 63.0 Å². The summed E-state index contributed by atoms with van der Waals surface area (Å²) in [5.41, 5.74) is 1.07. The van der Waals surface area contributed by atoms with E-state index in [1.807, 2.05) is 16.7 Å². The second kappa shape index (κ2) is 9.68. The number of anilines is 1. The van der Waals surface area contributed by atoms with Crippen molar-refractivity contribution < 1.29 is 9.72 Å². The lowest BCUT2D eigenvalue weighted by Crippen LogP contribution is -2.15. The molecule has 0 radical (unpaired) electrons. The molecule has 8 nitrogen and oxygen atoms in total. The van der Waals surface area contributed by atoms with E-state index >= 15 is 0 Å². The third kappa shape index (κ3) is 4.62. The van der Waals surface area contributed by atoms with Crippen LogP contribution in [0.3, 0.4) is 0 Å². The molecule has 32 heavy (non-hydrogen) atoms. The molecule has 1 N–H and O–H groups in total. The molecule has 0 saturated heterocycles. The van der Waals surface area contributed by atoms with E-state index in [0.29, 0.717) is 11.7 Å². The summed E-state index contributed by atoms with van der Waals surface area (Å²) in [6.45, 7) is 2.79. The largest absolute Gasteiger partial charge is 0.324 e. The number of non-ortho nitro benzene ring substituents is 1. The van der Waals surface area contributed by atoms with Gasteiger partial charge >= 0.3 is 0 Å². The lowest BCUT2D eigenvalue weighted by Gasteiger charge is -2.09. The molecular formula is C21H18ClN5O3S2. The topological polar surface area (TPSA) is 103 Å². The fourth-order valence-corrected chi connectivity index (χ4v) is 5.08. The van der Waals surface area contributed by atoms with Crippen molar-refractivity contribution in [1.29, 1.82) is 0 Å². The Hall–Kier alpha value is -2.95. The van der Waals surface area contributed by atoms with Gasteiger partial charge in [-0.2, -0.15) is 0 Å². The van der Waals surface area contributed by atoms with Crippen molar-refractivity contribution in [2.45, 2.75) is 25.0 Å². The first-order valence-electron chi connectivity index (χ1n) is 9.74. The van der Waals surface area contributed by atoms with Crippen molar-refractivity contribution in [3.63, 3.8) is 0 Å². The molecular weight excluding hydrogens is 470 g/mol. The van der Waals surface area contributed by atoms with Crippen LogP contribution in [0.2, 0.25) is 5.02 Å². The first kappa shape index (κ1) is 22.3. The molecule has 0 unspecified atom stereocenters. The first-order chi connectivity index (χ1) is 15.5. The van der Waals surface area contributed by atoms with Gasteiger partial charge in [-0.15, -0.1) is 21.5 Å². The molecule has 0 fully saturated rings. The van der Waals surface area contributed by atoms with Crippen LogP contribution in [0, 0.1) is 10.1 Å². The van der Waals surface area contributed by atoms with Crippen LogP contribution in [-0.2, 0) is 11.3 Å². The van der Waals surface area contributed by atoms with E-state index in [2.05, 4.69) is 40.0 Å². The molecule has 1 amide bonds. The molecule has 11 heteroatoms. The summed E-state index contributed by atoms with van der Waals surface area (Å²) in [6.07, 6.45) is 0.885. The van der Waals surface area contributed by atoms with E-state index in [1.54, 1.807) is 11.3 Å². The molecule has 0 bridgehead atoms. The monoisotopic (exact) mass is 487 g/mol. The van der Waals surface area contributed by atoms with Gasteiger partial charge in [-0.05, 0) is 18.6 Å². The summed E-state index contributed by atoms with van der Waals surface area (Å²) in [5, 5.41) is 26.4. The number of halogens is 1. The molecule has 0 atom stereocenters. The highest BCUT2D eigenvalue weighted by molar-refractivity contribution is 7.99. The zero-order valence-electron chi connectivity index (χ0n) is 16.9. The molecule has 0 saturated carbocycles. The lowest BCUT2D eigenvalue weighted by atomic mass is 10.1. The Bertz CT molecular complexity index is 1300. The molecule has 164 valence electrons. The maximum absolute atomic E-state index is 12.5. The van der Waals surface area contributed by atoms with Crippen LogP contribution < -0.4 is 5.32 Å². The molecule has 0 aliphatic rings. The van der Waals surface area contributed by atoms with E-state index in [1.165, 1.54) is 34.7 Å². The average molecular weight is 488 g/mol. The number of carbonyl (C=O) groups excluding carboxylic acids is 1. The van der Waals surface area contributed by atoms with E-state index < -0.39 is 4.92 Å². The number of amides is 1. The van der Waals surface area contributed by atoms with Gasteiger partial charge in [0.25, 0.3) is 5.69 Å². The highest BCUT2D eigenvalue weighted by Gasteiger charge is 2.18. The Morgan fingerprint density at radius 3 is 2.88 bits per heavy atom. The predicted octanol–water partition coefficient (Wildman–Crippen LogP) is 5.86. The van der Waals surface area contributed by atoms with E-state index in [9.17, 15) is 14.9 Å². The van der Waals surface area contributed by atoms with Crippen molar-refractivity contribution >= 4 is 62.1 Å². The maximum atomic E-state index is 12.5. The number of nitrogens with one attached hydrogen (secondary N) is 1. The minimum Gasteiger partial charge on any atom is -0.324 e. The number of nitro groups is 1. The number of carbonyl (C=O) groups is 1. The van der Waals surface area contributed by atoms with E-state index in [4.69, 9.17) is 11.6 Å². The Balaban J connectivity index is 1.52. The van der Waals surface area contributed by atoms with Crippen molar-refractivity contribution in [2.24, 2.45) is 0 Å². The molecule has 2 aromatic carbocycles. The molecule has 2 heterocycles. The van der Waals surface area contributed by atoms with Gasteiger partial charge in [-0.3, -0.25) is 14.9 Å². The van der Waals surface area contributed by atoms with Crippen molar-refractivity contribution in [1.82, 2.24) is 14.8 Å². The molecule has 0 aliphatic heterocycles. The SMILES string of the molecule is CCCn1c(SCC(=O)Nc2cc([N+](=O)[O-])ccc2Cl)nnc1-c1csc2ccccc12. The highest BCUT2D eigenvalue weighted by atomic mass is 35.5. The quantitative estimate of drug-likeness (QED) is 0.189. The standard InChI is InChI=1S/C21H18ClN5O3S2/c1-2-9-26-20(15-11-31-18-6-4-3-5-14(15)18)24-25-21(26)32-12-19(28)23-17-10-13(27(29)30)7-8-16(17)22/h3-8,10-11H,2,9,12H2,1H3,(H,23,28). The Kier molecular flexibility index (Phi) is 6.73. The van der Waals surface area contributed by atoms with Crippen LogP contribution in [0.15, 0.2) is 53.0 Å². The Labute approximate surface area is 196 Å². The third-order valence-electron chi connectivity index (χ3n) is 4.65. The van der Waals surface area contributed by atoms with Gasteiger partial charge in [-0.1, -0.05) is 48.5 Å². The number of hydrogen-bond acceptors (Lipinski definition) is 7. The number of aromatic nitrogens is 3. The number of benzene rings is 2. The number of thioether (sulfide) groups is 1. The van der Waals surface area contributed by atoms with E-state index in [0.717, 1.165) is 23.2 Å². The fourth-order valence-electron chi connectivity index (χ4n) is 3.21. The number of nitro benzene ring substituents is 1. The van der Waals surface area contributed by atoms with Gasteiger partial charge in [0.1, 0.15) is 0 Å². The summed E-state index contributed by atoms with van der Waals surface area (Å²) in [4.78, 5) is 22.9. The predicted molar refractivity (Wildman–Crippen MR) is 129 cm³/mol. The number of thiophene rings is 1. The van der Waals surface area contributed by atoms with Gasteiger partial charge in [0.2, 0.25) is 5.91 Å². The Morgan fingerprint density at radius 1 is 1.28 bits per heavy atom. The van der Waals surface area contributed by atoms with Crippen LogP contribution in [0.4, 0.5) is 11.4 Å². The fraction of sp³-hybridized carbons (Fsp3) is 0.190. The maximum Gasteiger partial charge on any atom is 0.271 e. The van der Waals surface area contributed by atoms with Gasteiger partial charge in [0, 0.05) is 39.7 Å². The minimum absolute atomic E-state index is 0.0608. The molecule has 2 aromatic heterocycles. The molecule has 4 aromatic rings. The number of rotatable bonds is 8. The van der Waals surface area contributed by atoms with Crippen molar-refractivity contribution in [2.75, 3.05) is 11.1 Å². The number of fused-ring (bicyclic) bond motifs is 1. The summed E-state index contributed by atoms with van der Waals surface area (Å²) in [5.74, 6) is 0.491. The third-order valence-corrected chi connectivity index (χ3v) is 6.91. The van der Waals surface area contributed by atoms with Crippen molar-refractivity contribution in [3.8, 4) is 11.4 Å². The smallest absolute Gasteiger partial charge is 0.271 e. The van der Waals surface area contributed by atoms with E-state index in [-0.39, 0.29) is 28.1 Å². The summed E-state index contributed by atoms with van der Waals surface area (Å²) < 4.78 is 3.20. The first-order valence-corrected chi connectivity index (χ1v) is 12.0. The second-order valence-corrected chi connectivity index (χ2v) is 9.12. The van der Waals surface area contributed by atoms with Crippen LogP contribution >= 0.6 is 34.7 Å². The van der Waals surface area contributed by atoms with Gasteiger partial charge in [0.05, 0.1) is 21.4 Å². The van der Waals surface area contributed by atoms with Gasteiger partial charge < -0.3 is 9.88 Å². The van der Waals surface area contributed by atoms with Crippen LogP contribution in [-0.4, -0.2) is 31.3 Å². The lowest BCUT2D eigenvalue weighted by molar-refractivity contribution is -0.384. The van der Waals surface area contributed by atoms with Gasteiger partial charge in [-0.25, -0.2) is 0 Å². The summed E-state index contributed by atoms with van der Waals surface area (Å²) >= 11 is 8.98. The summed E-state index contributed by atoms with van der Waals surface area (Å²) in [7, 11) is 0. The minimum atomic E-state index is -0.538. The summed E-state index contributed by atoms with van der Waals surface area (Å²) in [6, 6.07) is 12.1. The molecule has 0 aliphatic carbocycles. The van der Waals surface area contributed by atoms with Crippen LogP contribution in [0.25, 0.3) is 21.5 Å². The average Bonchev–Trinajstić information content (AvgIpc) is 3.38. The zero-order valence-corrected chi connectivity index (χ0v) is 19.3. The number of hydrogen-bond donors (Lipinski definition) is 1. The zero-order chi connectivity index (χ0) is 22.7. The highest BCUT2D eigenvalue weighted by Crippen LogP contribution is 2.34. The molecule has 4 rings (SSSR count). The molecule has 0 spiro atoms. The number of nitrogens with zero attached hydrogens (tertiary/aromatic N) is 4. The van der Waals surface area contributed by atoms with Crippen LogP contribution in [0.1, 0.15) is 13.3 Å². The van der Waals surface area contributed by atoms with Gasteiger partial charge in [0.15, 0.2) is 11.0 Å². The normalized spacial score (nSPS) is 11.1. The van der Waals surface area contributed by atoms with Crippen LogP contribution in [0.5, 0.6) is 0 Å².